The maximum Gasteiger partial charge on any atom is 0.166 e. The molecule has 0 aromatic rings. The van der Waals surface area contributed by atoms with E-state index < -0.39 is 0 Å². The molecule has 1 rings (SSSR count). The second kappa shape index (κ2) is 7.01. The number of rotatable bonds is 5. The molecule has 2 N–H and O–H groups in total. The summed E-state index contributed by atoms with van der Waals surface area (Å²) in [6.07, 6.45) is 6.23. The van der Waals surface area contributed by atoms with Gasteiger partial charge in [0, 0.05) is 13.7 Å². The van der Waals surface area contributed by atoms with E-state index in [1.54, 1.807) is 7.11 Å². The fraction of sp³-hybridized carbons (Fsp3) is 0.909. The Morgan fingerprint density at radius 3 is 2.93 bits per heavy atom. The minimum absolute atomic E-state index is 0.330. The molecule has 0 heterocycles. The molecule has 1 fully saturated rings. The van der Waals surface area contributed by atoms with Gasteiger partial charge in [0.15, 0.2) is 5.11 Å². The first-order valence-corrected chi connectivity index (χ1v) is 6.26. The number of ether oxygens (including phenoxy) is 1. The molecule has 88 valence electrons. The summed E-state index contributed by atoms with van der Waals surface area (Å²) in [7, 11) is 1.78. The smallest absolute Gasteiger partial charge is 0.166 e. The monoisotopic (exact) mass is 230 g/mol. The summed E-state index contributed by atoms with van der Waals surface area (Å²) in [6.45, 7) is 3.14. The molecule has 2 unspecified atom stereocenters. The van der Waals surface area contributed by atoms with Crippen LogP contribution in [-0.2, 0) is 4.74 Å². The number of hydrogen-bond donors (Lipinski definition) is 2. The highest BCUT2D eigenvalue weighted by Gasteiger charge is 2.27. The summed E-state index contributed by atoms with van der Waals surface area (Å²) >= 11 is 5.23. The maximum atomic E-state index is 5.40. The molecular formula is C11H22N2OS. The fourth-order valence-electron chi connectivity index (χ4n) is 1.97. The summed E-state index contributed by atoms with van der Waals surface area (Å²) < 4.78 is 5.40. The van der Waals surface area contributed by atoms with E-state index in [1.165, 1.54) is 19.3 Å². The quantitative estimate of drug-likeness (QED) is 0.557. The summed E-state index contributed by atoms with van der Waals surface area (Å²) in [5.41, 5.74) is 0. The number of thiocarbonyl (C=S) groups is 1. The van der Waals surface area contributed by atoms with E-state index in [-0.39, 0.29) is 0 Å². The molecule has 0 aliphatic heterocycles. The van der Waals surface area contributed by atoms with Crippen LogP contribution in [0.5, 0.6) is 0 Å². The van der Waals surface area contributed by atoms with Gasteiger partial charge in [-0.25, -0.2) is 0 Å². The van der Waals surface area contributed by atoms with Crippen molar-refractivity contribution in [2.24, 2.45) is 0 Å². The van der Waals surface area contributed by atoms with Crippen LogP contribution in [-0.4, -0.2) is 30.9 Å². The highest BCUT2D eigenvalue weighted by molar-refractivity contribution is 7.80. The molecule has 0 amide bonds. The zero-order valence-electron chi connectivity index (χ0n) is 9.71. The molecule has 0 saturated heterocycles. The third kappa shape index (κ3) is 4.34. The summed E-state index contributed by atoms with van der Waals surface area (Å²) in [6, 6.07) is 0.400. The van der Waals surface area contributed by atoms with Crippen LogP contribution in [0.1, 0.15) is 39.0 Å². The first kappa shape index (κ1) is 12.7. The second-order valence-corrected chi connectivity index (χ2v) is 4.47. The lowest BCUT2D eigenvalue weighted by Crippen LogP contribution is -2.45. The van der Waals surface area contributed by atoms with Crippen LogP contribution < -0.4 is 10.6 Å². The minimum atomic E-state index is 0.330. The van der Waals surface area contributed by atoms with Gasteiger partial charge in [-0.15, -0.1) is 0 Å². The molecule has 1 saturated carbocycles. The van der Waals surface area contributed by atoms with Crippen LogP contribution in [0.2, 0.25) is 0 Å². The Bertz CT molecular complexity index is 199. The molecular weight excluding hydrogens is 208 g/mol. The van der Waals surface area contributed by atoms with Crippen LogP contribution in [0.4, 0.5) is 0 Å². The average Bonchev–Trinajstić information content (AvgIpc) is 2.65. The van der Waals surface area contributed by atoms with Gasteiger partial charge in [0.25, 0.3) is 0 Å². The lowest BCUT2D eigenvalue weighted by atomic mass is 10.2. The van der Waals surface area contributed by atoms with Crippen molar-refractivity contribution < 1.29 is 4.74 Å². The van der Waals surface area contributed by atoms with Gasteiger partial charge in [0.1, 0.15) is 0 Å². The molecule has 0 aromatic carbocycles. The van der Waals surface area contributed by atoms with Crippen molar-refractivity contribution in [3.05, 3.63) is 0 Å². The molecule has 3 nitrogen and oxygen atoms in total. The van der Waals surface area contributed by atoms with Gasteiger partial charge in [-0.3, -0.25) is 0 Å². The molecule has 4 heteroatoms. The van der Waals surface area contributed by atoms with Crippen molar-refractivity contribution in [1.29, 1.82) is 0 Å². The third-order valence-electron chi connectivity index (χ3n) is 2.89. The molecule has 0 radical (unpaired) electrons. The SMILES string of the molecule is CCCCNC(=S)NC1CCCC1OC. The molecule has 0 spiro atoms. The summed E-state index contributed by atoms with van der Waals surface area (Å²) in [4.78, 5) is 0. The average molecular weight is 230 g/mol. The van der Waals surface area contributed by atoms with Crippen LogP contribution in [0, 0.1) is 0 Å². The largest absolute Gasteiger partial charge is 0.379 e. The van der Waals surface area contributed by atoms with Gasteiger partial charge in [-0.1, -0.05) is 13.3 Å². The normalized spacial score (nSPS) is 25.2. The van der Waals surface area contributed by atoms with Gasteiger partial charge in [0.2, 0.25) is 0 Å². The molecule has 0 aromatic heterocycles. The highest BCUT2D eigenvalue weighted by atomic mass is 32.1. The van der Waals surface area contributed by atoms with Crippen LogP contribution in [0.3, 0.4) is 0 Å². The highest BCUT2D eigenvalue weighted by Crippen LogP contribution is 2.21. The van der Waals surface area contributed by atoms with Crippen molar-refractivity contribution in [3.8, 4) is 0 Å². The molecule has 2 atom stereocenters. The Kier molecular flexibility index (Phi) is 5.95. The van der Waals surface area contributed by atoms with Crippen LogP contribution >= 0.6 is 12.2 Å². The minimum Gasteiger partial charge on any atom is -0.379 e. The second-order valence-electron chi connectivity index (χ2n) is 4.07. The van der Waals surface area contributed by atoms with Gasteiger partial charge in [-0.2, -0.15) is 0 Å². The van der Waals surface area contributed by atoms with Gasteiger partial charge in [-0.05, 0) is 37.9 Å². The lowest BCUT2D eigenvalue weighted by molar-refractivity contribution is 0.0907. The van der Waals surface area contributed by atoms with Crippen molar-refractivity contribution >= 4 is 17.3 Å². The Hall–Kier alpha value is -0.350. The predicted molar refractivity (Wildman–Crippen MR) is 67.1 cm³/mol. The molecule has 0 bridgehead atoms. The third-order valence-corrected chi connectivity index (χ3v) is 3.15. The molecule has 1 aliphatic carbocycles. The van der Waals surface area contributed by atoms with Gasteiger partial charge >= 0.3 is 0 Å². The topological polar surface area (TPSA) is 33.3 Å². The standard InChI is InChI=1S/C11H22N2OS/c1-3-4-8-12-11(15)13-9-6-5-7-10(9)14-2/h9-10H,3-8H2,1-2H3,(H2,12,13,15). The van der Waals surface area contributed by atoms with E-state index in [0.717, 1.165) is 24.5 Å². The van der Waals surface area contributed by atoms with Crippen LogP contribution in [0.15, 0.2) is 0 Å². The first-order chi connectivity index (χ1) is 7.27. The number of nitrogens with one attached hydrogen (secondary N) is 2. The van der Waals surface area contributed by atoms with Gasteiger partial charge in [0.05, 0.1) is 12.1 Å². The van der Waals surface area contributed by atoms with Crippen LogP contribution in [0.25, 0.3) is 0 Å². The van der Waals surface area contributed by atoms with Crippen molar-refractivity contribution in [1.82, 2.24) is 10.6 Å². The predicted octanol–water partition coefficient (Wildman–Crippen LogP) is 1.82. The maximum absolute atomic E-state index is 5.40. The Morgan fingerprint density at radius 2 is 2.27 bits per heavy atom. The van der Waals surface area contributed by atoms with E-state index in [1.807, 2.05) is 0 Å². The van der Waals surface area contributed by atoms with E-state index in [9.17, 15) is 0 Å². The van der Waals surface area contributed by atoms with E-state index in [4.69, 9.17) is 17.0 Å². The lowest BCUT2D eigenvalue weighted by Gasteiger charge is -2.21. The van der Waals surface area contributed by atoms with Gasteiger partial charge < -0.3 is 15.4 Å². The summed E-state index contributed by atoms with van der Waals surface area (Å²) in [5, 5.41) is 7.33. The zero-order valence-corrected chi connectivity index (χ0v) is 10.5. The number of unbranched alkanes of at least 4 members (excludes halogenated alkanes) is 1. The van der Waals surface area contributed by atoms with Crippen molar-refractivity contribution in [3.63, 3.8) is 0 Å². The van der Waals surface area contributed by atoms with Crippen molar-refractivity contribution in [2.45, 2.75) is 51.2 Å². The van der Waals surface area contributed by atoms with E-state index in [0.29, 0.717) is 12.1 Å². The van der Waals surface area contributed by atoms with Crippen molar-refractivity contribution in [2.75, 3.05) is 13.7 Å². The van der Waals surface area contributed by atoms with E-state index in [2.05, 4.69) is 17.6 Å². The Labute approximate surface area is 98.0 Å². The zero-order chi connectivity index (χ0) is 11.1. The number of methoxy groups -OCH3 is 1. The summed E-state index contributed by atoms with van der Waals surface area (Å²) in [5.74, 6) is 0. The first-order valence-electron chi connectivity index (χ1n) is 5.85. The van der Waals surface area contributed by atoms with E-state index >= 15 is 0 Å². The fourth-order valence-corrected chi connectivity index (χ4v) is 2.22. The Morgan fingerprint density at radius 1 is 1.47 bits per heavy atom. The molecule has 15 heavy (non-hydrogen) atoms. The Balaban J connectivity index is 2.19. The number of hydrogen-bond acceptors (Lipinski definition) is 2. The molecule has 1 aliphatic rings.